The van der Waals surface area contributed by atoms with Gasteiger partial charge >= 0.3 is 0 Å². The molecule has 4 nitrogen and oxygen atoms in total. The molecule has 1 N–H and O–H groups in total. The number of imidazole rings is 1. The monoisotopic (exact) mass is 271 g/mol. The molecule has 5 heteroatoms. The van der Waals surface area contributed by atoms with Crippen LogP contribution in [0.15, 0.2) is 41.9 Å². The van der Waals surface area contributed by atoms with E-state index in [1.165, 1.54) is 0 Å². The first-order chi connectivity index (χ1) is 9.28. The maximum absolute atomic E-state index is 11.5. The highest BCUT2D eigenvalue weighted by Gasteiger charge is 2.11. The number of hydrogen-bond donors (Lipinski definition) is 1. The number of carbonyl (C=O) groups excluding carboxylic acids is 1. The highest BCUT2D eigenvalue weighted by Crippen LogP contribution is 2.23. The summed E-state index contributed by atoms with van der Waals surface area (Å²) in [6.07, 6.45) is 2.36. The van der Waals surface area contributed by atoms with Crippen molar-refractivity contribution >= 4 is 22.2 Å². The van der Waals surface area contributed by atoms with Crippen molar-refractivity contribution in [3.63, 3.8) is 0 Å². The van der Waals surface area contributed by atoms with Crippen molar-refractivity contribution in [2.45, 2.75) is 6.42 Å². The first-order valence-corrected chi connectivity index (χ1v) is 6.87. The third-order valence-corrected chi connectivity index (χ3v) is 3.86. The van der Waals surface area contributed by atoms with Crippen molar-refractivity contribution < 1.29 is 4.79 Å². The molecule has 3 rings (SSSR count). The number of hydrogen-bond acceptors (Lipinski definition) is 3. The van der Waals surface area contributed by atoms with Gasteiger partial charge in [0.1, 0.15) is 0 Å². The number of nitrogens with zero attached hydrogens (tertiary/aromatic N) is 2. The van der Waals surface area contributed by atoms with Gasteiger partial charge in [-0.25, -0.2) is 4.98 Å². The zero-order chi connectivity index (χ0) is 13.2. The summed E-state index contributed by atoms with van der Waals surface area (Å²) in [5, 5.41) is 4.62. The quantitative estimate of drug-likeness (QED) is 0.795. The van der Waals surface area contributed by atoms with Crippen molar-refractivity contribution in [3.8, 4) is 11.3 Å². The Morgan fingerprint density at radius 1 is 1.37 bits per heavy atom. The molecule has 0 fully saturated rings. The smallest absolute Gasteiger partial charge is 0.225 e. The zero-order valence-corrected chi connectivity index (χ0v) is 11.3. The minimum absolute atomic E-state index is 0.00895. The Labute approximate surface area is 114 Å². The predicted molar refractivity (Wildman–Crippen MR) is 76.3 cm³/mol. The number of fused-ring (bicyclic) bond motifs is 1. The van der Waals surface area contributed by atoms with Crippen LogP contribution in [0.4, 0.5) is 0 Å². The van der Waals surface area contributed by atoms with Gasteiger partial charge in [-0.1, -0.05) is 30.3 Å². The van der Waals surface area contributed by atoms with Crippen LogP contribution in [0.2, 0.25) is 0 Å². The van der Waals surface area contributed by atoms with Gasteiger partial charge in [0, 0.05) is 29.9 Å². The van der Waals surface area contributed by atoms with Crippen LogP contribution < -0.4 is 5.32 Å². The van der Waals surface area contributed by atoms with E-state index in [1.807, 2.05) is 46.3 Å². The summed E-state index contributed by atoms with van der Waals surface area (Å²) in [5.74, 6) is 0.00895. The largest absolute Gasteiger partial charge is 0.359 e. The van der Waals surface area contributed by atoms with Gasteiger partial charge in [-0.2, -0.15) is 0 Å². The number of aromatic nitrogens is 2. The SMILES string of the molecule is CNC(=O)Cc1csc2nc(-c3ccccc3)cn12. The highest BCUT2D eigenvalue weighted by molar-refractivity contribution is 7.15. The molecule has 0 atom stereocenters. The Kier molecular flexibility index (Phi) is 3.05. The number of rotatable bonds is 3. The van der Waals surface area contributed by atoms with Crippen LogP contribution in [0.25, 0.3) is 16.2 Å². The normalized spacial score (nSPS) is 10.8. The summed E-state index contributed by atoms with van der Waals surface area (Å²) in [6, 6.07) is 10.0. The van der Waals surface area contributed by atoms with Crippen LogP contribution >= 0.6 is 11.3 Å². The van der Waals surface area contributed by atoms with Gasteiger partial charge in [0.15, 0.2) is 4.96 Å². The Morgan fingerprint density at radius 2 is 2.16 bits per heavy atom. The molecule has 0 aliphatic carbocycles. The molecular formula is C14H13N3OS. The van der Waals surface area contributed by atoms with Crippen molar-refractivity contribution in [1.82, 2.24) is 14.7 Å². The minimum Gasteiger partial charge on any atom is -0.359 e. The molecule has 1 aromatic carbocycles. The fourth-order valence-electron chi connectivity index (χ4n) is 1.96. The molecule has 19 heavy (non-hydrogen) atoms. The number of carbonyl (C=O) groups is 1. The maximum atomic E-state index is 11.5. The van der Waals surface area contributed by atoms with Crippen LogP contribution in [-0.4, -0.2) is 22.3 Å². The summed E-state index contributed by atoms with van der Waals surface area (Å²) < 4.78 is 1.99. The van der Waals surface area contributed by atoms with Crippen molar-refractivity contribution in [2.75, 3.05) is 7.05 Å². The molecule has 0 aliphatic heterocycles. The summed E-state index contributed by atoms with van der Waals surface area (Å²) in [7, 11) is 1.65. The van der Waals surface area contributed by atoms with E-state index < -0.39 is 0 Å². The average Bonchev–Trinajstić information content (AvgIpc) is 3.02. The first-order valence-electron chi connectivity index (χ1n) is 5.99. The van der Waals surface area contributed by atoms with Crippen LogP contribution in [0.1, 0.15) is 5.69 Å². The molecule has 0 saturated heterocycles. The Bertz CT molecular complexity index is 715. The molecule has 2 heterocycles. The molecule has 0 spiro atoms. The van der Waals surface area contributed by atoms with E-state index in [2.05, 4.69) is 10.3 Å². The molecule has 96 valence electrons. The van der Waals surface area contributed by atoms with E-state index in [9.17, 15) is 4.79 Å². The number of thiazole rings is 1. The maximum Gasteiger partial charge on any atom is 0.225 e. The topological polar surface area (TPSA) is 46.4 Å². The van der Waals surface area contributed by atoms with Crippen LogP contribution in [0, 0.1) is 0 Å². The Morgan fingerprint density at radius 3 is 2.89 bits per heavy atom. The summed E-state index contributed by atoms with van der Waals surface area (Å²) >= 11 is 1.55. The second-order valence-electron chi connectivity index (χ2n) is 4.22. The lowest BCUT2D eigenvalue weighted by Gasteiger charge is -1.98. The number of nitrogens with one attached hydrogen (secondary N) is 1. The lowest BCUT2D eigenvalue weighted by atomic mass is 10.2. The molecule has 3 aromatic rings. The summed E-state index contributed by atoms with van der Waals surface area (Å²) in [5.41, 5.74) is 2.99. The molecule has 2 aromatic heterocycles. The summed E-state index contributed by atoms with van der Waals surface area (Å²) in [4.78, 5) is 17.0. The van der Waals surface area contributed by atoms with Gasteiger partial charge in [-0.15, -0.1) is 11.3 Å². The van der Waals surface area contributed by atoms with Gasteiger partial charge < -0.3 is 5.32 Å². The fourth-order valence-corrected chi connectivity index (χ4v) is 2.83. The van der Waals surface area contributed by atoms with Gasteiger partial charge in [-0.3, -0.25) is 9.20 Å². The van der Waals surface area contributed by atoms with Crippen molar-refractivity contribution in [3.05, 3.63) is 47.6 Å². The summed E-state index contributed by atoms with van der Waals surface area (Å²) in [6.45, 7) is 0. The molecular weight excluding hydrogens is 258 g/mol. The minimum atomic E-state index is 0.00895. The van der Waals surface area contributed by atoms with E-state index in [1.54, 1.807) is 18.4 Å². The van der Waals surface area contributed by atoms with Crippen molar-refractivity contribution in [2.24, 2.45) is 0 Å². The molecule has 0 aliphatic rings. The van der Waals surface area contributed by atoms with Gasteiger partial charge in [0.25, 0.3) is 0 Å². The number of benzene rings is 1. The second-order valence-corrected chi connectivity index (χ2v) is 5.06. The molecule has 0 radical (unpaired) electrons. The second kappa shape index (κ2) is 4.85. The highest BCUT2D eigenvalue weighted by atomic mass is 32.1. The van der Waals surface area contributed by atoms with Crippen molar-refractivity contribution in [1.29, 1.82) is 0 Å². The average molecular weight is 271 g/mol. The van der Waals surface area contributed by atoms with Gasteiger partial charge in [0.05, 0.1) is 12.1 Å². The molecule has 0 saturated carbocycles. The van der Waals surface area contributed by atoms with E-state index in [4.69, 9.17) is 0 Å². The third-order valence-electron chi connectivity index (χ3n) is 2.97. The van der Waals surface area contributed by atoms with E-state index >= 15 is 0 Å². The molecule has 1 amide bonds. The molecule has 0 unspecified atom stereocenters. The Hall–Kier alpha value is -2.14. The first kappa shape index (κ1) is 11.9. The Balaban J connectivity index is 2.00. The number of likely N-dealkylation sites (N-methyl/N-ethyl adjacent to an activating group) is 1. The van der Waals surface area contributed by atoms with Crippen LogP contribution in [0.5, 0.6) is 0 Å². The number of amides is 1. The lowest BCUT2D eigenvalue weighted by Crippen LogP contribution is -2.20. The van der Waals surface area contributed by atoms with Crippen LogP contribution in [0.3, 0.4) is 0 Å². The van der Waals surface area contributed by atoms with Gasteiger partial charge in [-0.05, 0) is 0 Å². The standard InChI is InChI=1S/C14H13N3OS/c1-15-13(18)7-11-9-19-14-16-12(8-17(11)14)10-5-3-2-4-6-10/h2-6,8-9H,7H2,1H3,(H,15,18). The fraction of sp³-hybridized carbons (Fsp3) is 0.143. The van der Waals surface area contributed by atoms with E-state index in [0.717, 1.165) is 21.9 Å². The lowest BCUT2D eigenvalue weighted by molar-refractivity contribution is -0.120. The molecule has 0 bridgehead atoms. The predicted octanol–water partition coefficient (Wildman–Crippen LogP) is 2.35. The third kappa shape index (κ3) is 2.24. The van der Waals surface area contributed by atoms with Crippen LogP contribution in [-0.2, 0) is 11.2 Å². The van der Waals surface area contributed by atoms with Gasteiger partial charge in [0.2, 0.25) is 5.91 Å². The van der Waals surface area contributed by atoms with E-state index in [-0.39, 0.29) is 5.91 Å². The van der Waals surface area contributed by atoms with E-state index in [0.29, 0.717) is 6.42 Å². The zero-order valence-electron chi connectivity index (χ0n) is 10.5.